The fourth-order valence-electron chi connectivity index (χ4n) is 2.50. The van der Waals surface area contributed by atoms with Gasteiger partial charge in [0.1, 0.15) is 6.04 Å². The first-order chi connectivity index (χ1) is 8.97. The normalized spacial score (nSPS) is 17.5. The lowest BCUT2D eigenvalue weighted by Crippen LogP contribution is -2.53. The molecular formula is C13H24N2O4. The van der Waals surface area contributed by atoms with Gasteiger partial charge in [0.15, 0.2) is 0 Å². The largest absolute Gasteiger partial charge is 0.480 e. The molecule has 1 aliphatic rings. The third-order valence-electron chi connectivity index (χ3n) is 3.58. The highest BCUT2D eigenvalue weighted by molar-refractivity contribution is 5.83. The quantitative estimate of drug-likeness (QED) is 0.674. The summed E-state index contributed by atoms with van der Waals surface area (Å²) < 4.78 is 0. The molecule has 0 aromatic carbocycles. The van der Waals surface area contributed by atoms with Crippen molar-refractivity contribution in [2.24, 2.45) is 5.92 Å². The van der Waals surface area contributed by atoms with E-state index in [-0.39, 0.29) is 31.1 Å². The molecule has 6 heteroatoms. The minimum Gasteiger partial charge on any atom is -0.480 e. The highest BCUT2D eigenvalue weighted by Gasteiger charge is 2.30. The molecule has 0 bridgehead atoms. The van der Waals surface area contributed by atoms with Gasteiger partial charge in [-0.25, -0.2) is 9.59 Å². The summed E-state index contributed by atoms with van der Waals surface area (Å²) in [5.41, 5.74) is 0. The van der Waals surface area contributed by atoms with Crippen molar-refractivity contribution in [1.82, 2.24) is 10.2 Å². The van der Waals surface area contributed by atoms with Crippen LogP contribution in [0.4, 0.5) is 4.79 Å². The van der Waals surface area contributed by atoms with Crippen LogP contribution in [0.1, 0.15) is 39.5 Å². The second-order valence-corrected chi connectivity index (χ2v) is 5.36. The average molecular weight is 272 g/mol. The molecule has 0 aromatic rings. The predicted octanol–water partition coefficient (Wildman–Crippen LogP) is 1.04. The lowest BCUT2D eigenvalue weighted by Gasteiger charge is -2.30. The number of urea groups is 1. The van der Waals surface area contributed by atoms with Crippen LogP contribution in [0.25, 0.3) is 0 Å². The molecule has 2 amide bonds. The molecule has 0 aliphatic heterocycles. The number of nitrogens with one attached hydrogen (secondary N) is 1. The molecule has 1 aliphatic carbocycles. The van der Waals surface area contributed by atoms with E-state index in [1.807, 2.05) is 0 Å². The van der Waals surface area contributed by atoms with Crippen LogP contribution in [0.2, 0.25) is 0 Å². The van der Waals surface area contributed by atoms with Crippen LogP contribution in [-0.2, 0) is 4.79 Å². The Morgan fingerprint density at radius 3 is 2.32 bits per heavy atom. The SMILES string of the molecule is CC(C)C(NC(=O)N(CCO)C1CCCC1)C(=O)O. The maximum atomic E-state index is 12.2. The number of aliphatic carboxylic acids is 1. The summed E-state index contributed by atoms with van der Waals surface area (Å²) >= 11 is 0. The minimum atomic E-state index is -1.03. The number of amides is 2. The Morgan fingerprint density at radius 2 is 1.89 bits per heavy atom. The number of carbonyl (C=O) groups is 2. The molecule has 19 heavy (non-hydrogen) atoms. The van der Waals surface area contributed by atoms with Gasteiger partial charge < -0.3 is 20.4 Å². The van der Waals surface area contributed by atoms with Gasteiger partial charge in [-0.15, -0.1) is 0 Å². The number of carboxylic acid groups (broad SMARTS) is 1. The van der Waals surface area contributed by atoms with E-state index in [1.165, 1.54) is 0 Å². The van der Waals surface area contributed by atoms with E-state index in [0.717, 1.165) is 25.7 Å². The van der Waals surface area contributed by atoms with Crippen molar-refractivity contribution in [3.05, 3.63) is 0 Å². The molecule has 0 saturated heterocycles. The summed E-state index contributed by atoms with van der Waals surface area (Å²) in [7, 11) is 0. The molecule has 1 rings (SSSR count). The van der Waals surface area contributed by atoms with Gasteiger partial charge in [-0.2, -0.15) is 0 Å². The molecule has 0 heterocycles. The number of aliphatic hydroxyl groups excluding tert-OH is 1. The third kappa shape index (κ3) is 4.38. The number of nitrogens with zero attached hydrogens (tertiary/aromatic N) is 1. The van der Waals surface area contributed by atoms with Crippen molar-refractivity contribution in [3.63, 3.8) is 0 Å². The summed E-state index contributed by atoms with van der Waals surface area (Å²) in [4.78, 5) is 24.9. The Kier molecular flexibility index (Phi) is 6.08. The van der Waals surface area contributed by atoms with Crippen LogP contribution in [0, 0.1) is 5.92 Å². The molecule has 0 aromatic heterocycles. The molecule has 1 fully saturated rings. The van der Waals surface area contributed by atoms with Crippen molar-refractivity contribution < 1.29 is 19.8 Å². The maximum absolute atomic E-state index is 12.2. The van der Waals surface area contributed by atoms with Gasteiger partial charge in [0.25, 0.3) is 0 Å². The third-order valence-corrected chi connectivity index (χ3v) is 3.58. The number of carbonyl (C=O) groups excluding carboxylic acids is 1. The van der Waals surface area contributed by atoms with Crippen LogP contribution < -0.4 is 5.32 Å². The van der Waals surface area contributed by atoms with E-state index < -0.39 is 12.0 Å². The summed E-state index contributed by atoms with van der Waals surface area (Å²) in [6, 6.07) is -1.16. The van der Waals surface area contributed by atoms with Gasteiger partial charge in [-0.3, -0.25) is 0 Å². The van der Waals surface area contributed by atoms with E-state index in [0.29, 0.717) is 0 Å². The maximum Gasteiger partial charge on any atom is 0.326 e. The van der Waals surface area contributed by atoms with Gasteiger partial charge in [-0.1, -0.05) is 26.7 Å². The monoisotopic (exact) mass is 272 g/mol. The highest BCUT2D eigenvalue weighted by atomic mass is 16.4. The van der Waals surface area contributed by atoms with Crippen molar-refractivity contribution >= 4 is 12.0 Å². The summed E-state index contributed by atoms with van der Waals surface area (Å²) in [5, 5.41) is 20.7. The first-order valence-electron chi connectivity index (χ1n) is 6.88. The lowest BCUT2D eigenvalue weighted by molar-refractivity contribution is -0.140. The second kappa shape index (κ2) is 7.33. The summed E-state index contributed by atoms with van der Waals surface area (Å²) in [6.45, 7) is 3.65. The fraction of sp³-hybridized carbons (Fsp3) is 0.846. The van der Waals surface area contributed by atoms with Crippen molar-refractivity contribution in [2.45, 2.75) is 51.6 Å². The summed E-state index contributed by atoms with van der Waals surface area (Å²) in [5.74, 6) is -1.21. The summed E-state index contributed by atoms with van der Waals surface area (Å²) in [6.07, 6.45) is 4.00. The molecule has 1 saturated carbocycles. The fourth-order valence-corrected chi connectivity index (χ4v) is 2.50. The van der Waals surface area contributed by atoms with Gasteiger partial charge >= 0.3 is 12.0 Å². The molecular weight excluding hydrogens is 248 g/mol. The smallest absolute Gasteiger partial charge is 0.326 e. The molecule has 110 valence electrons. The molecule has 3 N–H and O–H groups in total. The Hall–Kier alpha value is -1.30. The van der Waals surface area contributed by atoms with Crippen LogP contribution in [0.15, 0.2) is 0 Å². The second-order valence-electron chi connectivity index (χ2n) is 5.36. The molecule has 1 unspecified atom stereocenters. The number of hydrogen-bond donors (Lipinski definition) is 3. The first kappa shape index (κ1) is 15.8. The Morgan fingerprint density at radius 1 is 1.32 bits per heavy atom. The van der Waals surface area contributed by atoms with Crippen molar-refractivity contribution in [3.8, 4) is 0 Å². The van der Waals surface area contributed by atoms with Gasteiger partial charge in [0, 0.05) is 12.6 Å². The zero-order valence-corrected chi connectivity index (χ0v) is 11.6. The van der Waals surface area contributed by atoms with E-state index in [2.05, 4.69) is 5.32 Å². The van der Waals surface area contributed by atoms with Gasteiger partial charge in [0.2, 0.25) is 0 Å². The van der Waals surface area contributed by atoms with Gasteiger partial charge in [0.05, 0.1) is 6.61 Å². The van der Waals surface area contributed by atoms with Crippen LogP contribution in [0.5, 0.6) is 0 Å². The Labute approximate surface area is 113 Å². The topological polar surface area (TPSA) is 89.9 Å². The number of rotatable bonds is 6. The van der Waals surface area contributed by atoms with Crippen LogP contribution in [-0.4, -0.2) is 52.3 Å². The zero-order valence-electron chi connectivity index (χ0n) is 11.6. The highest BCUT2D eigenvalue weighted by Crippen LogP contribution is 2.23. The van der Waals surface area contributed by atoms with E-state index >= 15 is 0 Å². The van der Waals surface area contributed by atoms with Crippen LogP contribution in [0.3, 0.4) is 0 Å². The number of carboxylic acids is 1. The average Bonchev–Trinajstić information content (AvgIpc) is 2.85. The van der Waals surface area contributed by atoms with Gasteiger partial charge in [-0.05, 0) is 18.8 Å². The van der Waals surface area contributed by atoms with E-state index in [1.54, 1.807) is 18.7 Å². The molecule has 0 radical (unpaired) electrons. The first-order valence-corrected chi connectivity index (χ1v) is 6.88. The Balaban J connectivity index is 2.67. The molecule has 6 nitrogen and oxygen atoms in total. The van der Waals surface area contributed by atoms with Crippen molar-refractivity contribution in [1.29, 1.82) is 0 Å². The number of hydrogen-bond acceptors (Lipinski definition) is 3. The van der Waals surface area contributed by atoms with Crippen molar-refractivity contribution in [2.75, 3.05) is 13.2 Å². The Bertz CT molecular complexity index is 314. The predicted molar refractivity (Wildman–Crippen MR) is 70.8 cm³/mol. The molecule has 1 atom stereocenters. The molecule has 0 spiro atoms. The van der Waals surface area contributed by atoms with Crippen LogP contribution >= 0.6 is 0 Å². The van der Waals surface area contributed by atoms with E-state index in [4.69, 9.17) is 10.2 Å². The zero-order chi connectivity index (χ0) is 14.4. The lowest BCUT2D eigenvalue weighted by atomic mass is 10.1. The van der Waals surface area contributed by atoms with E-state index in [9.17, 15) is 9.59 Å². The minimum absolute atomic E-state index is 0.108. The standard InChI is InChI=1S/C13H24N2O4/c1-9(2)11(12(17)18)14-13(19)15(7-8-16)10-5-3-4-6-10/h9-11,16H,3-8H2,1-2H3,(H,14,19)(H,17,18). The number of aliphatic hydroxyl groups is 1.